The number of carbonyl (C=O) groups is 1. The third-order valence-corrected chi connectivity index (χ3v) is 3.60. The minimum absolute atomic E-state index is 0.119. The highest BCUT2D eigenvalue weighted by Gasteiger charge is 2.27. The fourth-order valence-electron chi connectivity index (χ4n) is 2.28. The minimum atomic E-state index is -0.510. The van der Waals surface area contributed by atoms with Gasteiger partial charge >= 0.3 is 6.09 Å². The zero-order chi connectivity index (χ0) is 16.3. The Morgan fingerprint density at radius 1 is 1.41 bits per heavy atom. The molecule has 1 aliphatic heterocycles. The molecule has 0 saturated carbocycles. The molecular weight excluding hydrogens is 325 g/mol. The van der Waals surface area contributed by atoms with Gasteiger partial charge in [-0.2, -0.15) is 0 Å². The van der Waals surface area contributed by atoms with Crippen LogP contribution in [0, 0.1) is 0 Å². The molecule has 122 valence electrons. The van der Waals surface area contributed by atoms with Crippen molar-refractivity contribution in [1.82, 2.24) is 15.2 Å². The van der Waals surface area contributed by atoms with Crippen molar-refractivity contribution in [2.45, 2.75) is 38.8 Å². The highest BCUT2D eigenvalue weighted by atomic mass is 35.5. The van der Waals surface area contributed by atoms with Gasteiger partial charge in [-0.3, -0.25) is 0 Å². The molecule has 0 aliphatic carbocycles. The Morgan fingerprint density at radius 3 is 2.77 bits per heavy atom. The van der Waals surface area contributed by atoms with Crippen LogP contribution in [0.5, 0.6) is 0 Å². The molecule has 1 aromatic heterocycles. The van der Waals surface area contributed by atoms with Crippen LogP contribution in [0.1, 0.15) is 38.9 Å². The third-order valence-electron chi connectivity index (χ3n) is 3.19. The summed E-state index contributed by atoms with van der Waals surface area (Å²) in [5.74, 6) is 0. The number of amides is 1. The molecule has 2 rings (SSSR count). The van der Waals surface area contributed by atoms with Crippen molar-refractivity contribution in [3.63, 3.8) is 0 Å². The molecular formula is C15H21Cl2N3O2. The Kier molecular flexibility index (Phi) is 5.53. The predicted octanol–water partition coefficient (Wildman–Crippen LogP) is 3.66. The summed E-state index contributed by atoms with van der Waals surface area (Å²) in [7, 11) is 0. The monoisotopic (exact) mass is 345 g/mol. The summed E-state index contributed by atoms with van der Waals surface area (Å²) < 4.78 is 5.45. The van der Waals surface area contributed by atoms with E-state index in [2.05, 4.69) is 10.3 Å². The van der Waals surface area contributed by atoms with Crippen LogP contribution in [0.3, 0.4) is 0 Å². The molecule has 22 heavy (non-hydrogen) atoms. The lowest BCUT2D eigenvalue weighted by atomic mass is 10.2. The Morgan fingerprint density at radius 2 is 2.14 bits per heavy atom. The van der Waals surface area contributed by atoms with Crippen LogP contribution in [0.2, 0.25) is 10.2 Å². The molecule has 1 atom stereocenters. The highest BCUT2D eigenvalue weighted by Crippen LogP contribution is 2.23. The van der Waals surface area contributed by atoms with Gasteiger partial charge in [-0.15, -0.1) is 0 Å². The first-order valence-corrected chi connectivity index (χ1v) is 8.04. The van der Waals surface area contributed by atoms with E-state index in [1.165, 1.54) is 0 Å². The number of aromatic nitrogens is 1. The maximum Gasteiger partial charge on any atom is 0.410 e. The lowest BCUT2D eigenvalue weighted by molar-refractivity contribution is 0.0247. The zero-order valence-electron chi connectivity index (χ0n) is 13.0. The second-order valence-electron chi connectivity index (χ2n) is 6.32. The lowest BCUT2D eigenvalue weighted by Crippen LogP contribution is -2.40. The quantitative estimate of drug-likeness (QED) is 0.789. The van der Waals surface area contributed by atoms with E-state index in [1.807, 2.05) is 20.8 Å². The number of hydrogen-bond acceptors (Lipinski definition) is 4. The molecule has 7 heteroatoms. The molecule has 1 aliphatic rings. The maximum absolute atomic E-state index is 12.3. The molecule has 5 nitrogen and oxygen atoms in total. The van der Waals surface area contributed by atoms with Crippen LogP contribution in [0.15, 0.2) is 12.1 Å². The number of nitrogens with zero attached hydrogens (tertiary/aromatic N) is 2. The van der Waals surface area contributed by atoms with E-state index in [9.17, 15) is 4.79 Å². The van der Waals surface area contributed by atoms with Crippen LogP contribution in [0.4, 0.5) is 4.79 Å². The zero-order valence-corrected chi connectivity index (χ0v) is 14.5. The fourth-order valence-corrected chi connectivity index (χ4v) is 2.76. The van der Waals surface area contributed by atoms with Gasteiger partial charge in [0.25, 0.3) is 0 Å². The van der Waals surface area contributed by atoms with Gasteiger partial charge in [-0.25, -0.2) is 9.78 Å². The summed E-state index contributed by atoms with van der Waals surface area (Å²) in [6.45, 7) is 7.48. The Hall–Kier alpha value is -1.04. The average molecular weight is 346 g/mol. The standard InChI is InChI=1S/C15H21Cl2N3O2/c1-15(2,3)22-14(21)20-6-4-5-18-12(9-20)11-7-10(16)8-13(17)19-11/h7-8,12,18H,4-6,9H2,1-3H3. The van der Waals surface area contributed by atoms with Crippen LogP contribution < -0.4 is 5.32 Å². The molecule has 0 aromatic carbocycles. The molecule has 0 bridgehead atoms. The maximum atomic E-state index is 12.3. The molecule has 0 spiro atoms. The number of hydrogen-bond donors (Lipinski definition) is 1. The number of pyridine rings is 1. The van der Waals surface area contributed by atoms with Crippen LogP contribution in [-0.4, -0.2) is 41.2 Å². The van der Waals surface area contributed by atoms with Crippen molar-refractivity contribution in [1.29, 1.82) is 0 Å². The van der Waals surface area contributed by atoms with E-state index in [4.69, 9.17) is 27.9 Å². The van der Waals surface area contributed by atoms with Gasteiger partial charge in [0.05, 0.1) is 11.7 Å². The molecule has 1 saturated heterocycles. The Labute approximate surface area is 140 Å². The van der Waals surface area contributed by atoms with Crippen LogP contribution in [0.25, 0.3) is 0 Å². The summed E-state index contributed by atoms with van der Waals surface area (Å²) in [6.07, 6.45) is 0.540. The third kappa shape index (κ3) is 5.00. The van der Waals surface area contributed by atoms with Gasteiger partial charge in [-0.05, 0) is 45.9 Å². The summed E-state index contributed by atoms with van der Waals surface area (Å²) >= 11 is 12.0. The van der Waals surface area contributed by atoms with Crippen molar-refractivity contribution in [2.75, 3.05) is 19.6 Å². The van der Waals surface area contributed by atoms with Crippen molar-refractivity contribution in [3.8, 4) is 0 Å². The largest absolute Gasteiger partial charge is 0.444 e. The van der Waals surface area contributed by atoms with Gasteiger partial charge < -0.3 is 15.0 Å². The molecule has 1 N–H and O–H groups in total. The van der Waals surface area contributed by atoms with E-state index >= 15 is 0 Å². The van der Waals surface area contributed by atoms with Crippen LogP contribution >= 0.6 is 23.2 Å². The minimum Gasteiger partial charge on any atom is -0.444 e. The van der Waals surface area contributed by atoms with Gasteiger partial charge in [0.2, 0.25) is 0 Å². The number of ether oxygens (including phenoxy) is 1. The predicted molar refractivity (Wildman–Crippen MR) is 87.4 cm³/mol. The van der Waals surface area contributed by atoms with Gasteiger partial charge in [0, 0.05) is 18.1 Å². The van der Waals surface area contributed by atoms with Gasteiger partial charge in [0.1, 0.15) is 10.8 Å². The summed E-state index contributed by atoms with van der Waals surface area (Å²) in [5, 5.41) is 4.25. The molecule has 0 radical (unpaired) electrons. The van der Waals surface area contributed by atoms with Gasteiger partial charge in [0.15, 0.2) is 0 Å². The number of halogens is 2. The van der Waals surface area contributed by atoms with Crippen molar-refractivity contribution < 1.29 is 9.53 Å². The Bertz CT molecular complexity index is 526. The molecule has 1 unspecified atom stereocenters. The normalized spacial score (nSPS) is 19.7. The van der Waals surface area contributed by atoms with Crippen molar-refractivity contribution in [2.24, 2.45) is 0 Å². The SMILES string of the molecule is CC(C)(C)OC(=O)N1CCCNC(c2cc(Cl)cc(Cl)n2)C1. The van der Waals surface area contributed by atoms with E-state index in [0.29, 0.717) is 23.3 Å². The van der Waals surface area contributed by atoms with E-state index in [1.54, 1.807) is 17.0 Å². The number of carbonyl (C=O) groups excluding carboxylic acids is 1. The topological polar surface area (TPSA) is 54.5 Å². The fraction of sp³-hybridized carbons (Fsp3) is 0.600. The van der Waals surface area contributed by atoms with E-state index in [-0.39, 0.29) is 12.1 Å². The van der Waals surface area contributed by atoms with Crippen molar-refractivity contribution in [3.05, 3.63) is 28.0 Å². The first-order chi connectivity index (χ1) is 10.2. The lowest BCUT2D eigenvalue weighted by Gasteiger charge is -2.28. The summed E-state index contributed by atoms with van der Waals surface area (Å²) in [4.78, 5) is 18.3. The molecule has 1 amide bonds. The van der Waals surface area contributed by atoms with Crippen LogP contribution in [-0.2, 0) is 4.74 Å². The van der Waals surface area contributed by atoms with Crippen molar-refractivity contribution >= 4 is 29.3 Å². The second-order valence-corrected chi connectivity index (χ2v) is 7.14. The van der Waals surface area contributed by atoms with E-state index in [0.717, 1.165) is 18.7 Å². The molecule has 1 aromatic rings. The van der Waals surface area contributed by atoms with E-state index < -0.39 is 5.60 Å². The first kappa shape index (κ1) is 17.3. The summed E-state index contributed by atoms with van der Waals surface area (Å²) in [6, 6.07) is 3.24. The summed E-state index contributed by atoms with van der Waals surface area (Å²) in [5.41, 5.74) is 0.220. The Balaban J connectivity index is 2.14. The number of rotatable bonds is 1. The first-order valence-electron chi connectivity index (χ1n) is 7.29. The van der Waals surface area contributed by atoms with Gasteiger partial charge in [-0.1, -0.05) is 23.2 Å². The molecule has 2 heterocycles. The molecule has 1 fully saturated rings. The number of nitrogens with one attached hydrogen (secondary N) is 1. The smallest absolute Gasteiger partial charge is 0.410 e. The second kappa shape index (κ2) is 7.02. The average Bonchev–Trinajstić information content (AvgIpc) is 2.61. The highest BCUT2D eigenvalue weighted by molar-refractivity contribution is 6.33.